The third kappa shape index (κ3) is 5.86. The predicted octanol–water partition coefficient (Wildman–Crippen LogP) is 2.54. The molecule has 0 aliphatic carbocycles. The Hall–Kier alpha value is -3.32. The normalized spacial score (nSPS) is 12.4. The van der Waals surface area contributed by atoms with E-state index in [1.807, 2.05) is 0 Å². The highest BCUT2D eigenvalue weighted by atomic mass is 32.1. The molecule has 0 aliphatic rings. The molecule has 1 atom stereocenters. The van der Waals surface area contributed by atoms with Gasteiger partial charge in [-0.25, -0.2) is 24.5 Å². The first-order valence-corrected chi connectivity index (χ1v) is 10.7. The predicted molar refractivity (Wildman–Crippen MR) is 112 cm³/mol. The number of amides is 2. The highest BCUT2D eigenvalue weighted by Crippen LogP contribution is 2.28. The van der Waals surface area contributed by atoms with Gasteiger partial charge in [0.1, 0.15) is 40.0 Å². The van der Waals surface area contributed by atoms with Crippen LogP contribution in [0.3, 0.4) is 0 Å². The van der Waals surface area contributed by atoms with Crippen molar-refractivity contribution in [3.05, 3.63) is 27.7 Å². The van der Waals surface area contributed by atoms with Crippen molar-refractivity contribution >= 4 is 40.6 Å². The van der Waals surface area contributed by atoms with Crippen LogP contribution < -0.4 is 11.1 Å². The summed E-state index contributed by atoms with van der Waals surface area (Å²) in [4.78, 5) is 47.4. The molecule has 2 amide bonds. The number of rotatable bonds is 7. The summed E-state index contributed by atoms with van der Waals surface area (Å²) in [6.45, 7) is 5.04. The van der Waals surface area contributed by atoms with Gasteiger partial charge in [-0.3, -0.25) is 4.79 Å². The molecule has 0 saturated carbocycles. The number of carbonyl (C=O) groups excluding carboxylic acids is 2. The summed E-state index contributed by atoms with van der Waals surface area (Å²) in [6, 6.07) is -1.21. The maximum atomic E-state index is 11.9. The lowest BCUT2D eigenvalue weighted by atomic mass is 10.2. The van der Waals surface area contributed by atoms with Crippen LogP contribution >= 0.6 is 22.7 Å². The minimum atomic E-state index is -1.21. The Bertz CT molecular complexity index is 1110. The fraction of sp³-hybridized carbons (Fsp3) is 0.333. The zero-order valence-electron chi connectivity index (χ0n) is 16.7. The van der Waals surface area contributed by atoms with Gasteiger partial charge in [0.25, 0.3) is 5.91 Å². The van der Waals surface area contributed by atoms with Crippen molar-refractivity contribution in [1.82, 2.24) is 20.3 Å². The Kier molecular flexibility index (Phi) is 6.36. The van der Waals surface area contributed by atoms with Crippen molar-refractivity contribution in [3.63, 3.8) is 0 Å². The zero-order valence-corrected chi connectivity index (χ0v) is 18.4. The molecular formula is C18H19N5O6S2. The van der Waals surface area contributed by atoms with Crippen molar-refractivity contribution in [3.8, 4) is 22.3 Å². The topological polar surface area (TPSA) is 171 Å². The van der Waals surface area contributed by atoms with Crippen molar-refractivity contribution < 1.29 is 28.6 Å². The van der Waals surface area contributed by atoms with Gasteiger partial charge in [0, 0.05) is 17.2 Å². The third-order valence-corrected chi connectivity index (χ3v) is 5.35. The van der Waals surface area contributed by atoms with Crippen molar-refractivity contribution in [1.29, 1.82) is 0 Å². The van der Waals surface area contributed by atoms with Gasteiger partial charge in [-0.15, -0.1) is 22.7 Å². The third-order valence-electron chi connectivity index (χ3n) is 3.62. The lowest BCUT2D eigenvalue weighted by molar-refractivity contribution is -0.139. The molecule has 0 radical (unpaired) electrons. The number of hydrogen-bond acceptors (Lipinski definition) is 10. The molecule has 0 fully saturated rings. The van der Waals surface area contributed by atoms with Crippen LogP contribution in [-0.4, -0.2) is 49.7 Å². The molecule has 0 saturated heterocycles. The number of aromatic nitrogens is 3. The first-order valence-electron chi connectivity index (χ1n) is 8.90. The van der Waals surface area contributed by atoms with E-state index in [1.165, 1.54) is 34.3 Å². The Morgan fingerprint density at radius 3 is 2.55 bits per heavy atom. The highest BCUT2D eigenvalue weighted by molar-refractivity contribution is 7.13. The number of carboxylic acids is 1. The van der Waals surface area contributed by atoms with E-state index in [2.05, 4.69) is 20.3 Å². The van der Waals surface area contributed by atoms with E-state index in [1.54, 1.807) is 26.2 Å². The molecule has 0 aromatic carbocycles. The monoisotopic (exact) mass is 465 g/mol. The average molecular weight is 466 g/mol. The van der Waals surface area contributed by atoms with Crippen molar-refractivity contribution in [2.24, 2.45) is 5.73 Å². The van der Waals surface area contributed by atoms with Crippen LogP contribution in [0.5, 0.6) is 0 Å². The number of nitrogens with zero attached hydrogens (tertiary/aromatic N) is 3. The van der Waals surface area contributed by atoms with Gasteiger partial charge in [-0.2, -0.15) is 0 Å². The summed E-state index contributed by atoms with van der Waals surface area (Å²) in [5.74, 6) is -1.64. The number of ether oxygens (including phenoxy) is 1. The second-order valence-electron chi connectivity index (χ2n) is 7.31. The number of alkyl carbamates (subject to hydrolysis) is 1. The van der Waals surface area contributed by atoms with Gasteiger partial charge < -0.3 is 25.3 Å². The van der Waals surface area contributed by atoms with E-state index in [-0.39, 0.29) is 18.0 Å². The minimum Gasteiger partial charge on any atom is -0.480 e. The summed E-state index contributed by atoms with van der Waals surface area (Å²) < 4.78 is 10.5. The molecule has 164 valence electrons. The average Bonchev–Trinajstić information content (AvgIpc) is 3.39. The van der Waals surface area contributed by atoms with Gasteiger partial charge in [-0.05, 0) is 20.8 Å². The molecule has 1 unspecified atom stereocenters. The van der Waals surface area contributed by atoms with Crippen LogP contribution in [0, 0.1) is 0 Å². The summed E-state index contributed by atoms with van der Waals surface area (Å²) in [7, 11) is 0. The van der Waals surface area contributed by atoms with Gasteiger partial charge in [0.2, 0.25) is 5.89 Å². The SMILES string of the molecule is CC(C)(C)OC(=O)NC(Cc1nc(-c2nc(-c3nc(C(N)=O)cs3)co2)cs1)C(=O)O. The number of primary amides is 1. The molecule has 3 aromatic heterocycles. The molecule has 0 aliphatic heterocycles. The highest BCUT2D eigenvalue weighted by Gasteiger charge is 2.26. The Balaban J connectivity index is 1.70. The number of nitrogens with one attached hydrogen (secondary N) is 1. The molecule has 31 heavy (non-hydrogen) atoms. The second-order valence-corrected chi connectivity index (χ2v) is 9.11. The minimum absolute atomic E-state index is 0.0404. The summed E-state index contributed by atoms with van der Waals surface area (Å²) in [5, 5.41) is 15.9. The summed E-state index contributed by atoms with van der Waals surface area (Å²) >= 11 is 2.40. The Morgan fingerprint density at radius 1 is 1.19 bits per heavy atom. The van der Waals surface area contributed by atoms with E-state index < -0.39 is 29.6 Å². The lowest BCUT2D eigenvalue weighted by Crippen LogP contribution is -2.44. The molecule has 0 bridgehead atoms. The van der Waals surface area contributed by atoms with Crippen LogP contribution in [0.2, 0.25) is 0 Å². The number of oxazole rings is 1. The van der Waals surface area contributed by atoms with E-state index in [9.17, 15) is 19.5 Å². The first-order chi connectivity index (χ1) is 14.5. The maximum absolute atomic E-state index is 11.9. The molecule has 11 nitrogen and oxygen atoms in total. The van der Waals surface area contributed by atoms with E-state index in [0.717, 1.165) is 0 Å². The van der Waals surface area contributed by atoms with Crippen LogP contribution in [-0.2, 0) is 16.0 Å². The number of hydrogen-bond donors (Lipinski definition) is 3. The number of nitrogens with two attached hydrogens (primary N) is 1. The number of thiazole rings is 2. The zero-order chi connectivity index (χ0) is 22.8. The van der Waals surface area contributed by atoms with Gasteiger partial charge in [0.15, 0.2) is 0 Å². The largest absolute Gasteiger partial charge is 0.480 e. The van der Waals surface area contributed by atoms with Crippen molar-refractivity contribution in [2.45, 2.75) is 38.8 Å². The molecule has 13 heteroatoms. The lowest BCUT2D eigenvalue weighted by Gasteiger charge is -2.21. The van der Waals surface area contributed by atoms with Crippen LogP contribution in [0.1, 0.15) is 36.3 Å². The van der Waals surface area contributed by atoms with E-state index in [4.69, 9.17) is 14.9 Å². The van der Waals surface area contributed by atoms with E-state index in [0.29, 0.717) is 21.4 Å². The fourth-order valence-corrected chi connectivity index (χ4v) is 3.89. The molecular weight excluding hydrogens is 446 g/mol. The standard InChI is InChI=1S/C18H19N5O6S2/c1-18(2,3)29-17(27)23-8(16(25)26)4-12-20-11(7-30-12)14-21-9(5-28-14)15-22-10(6-31-15)13(19)24/h5-8H,4H2,1-3H3,(H2,19,24)(H,23,27)(H,25,26). The first kappa shape index (κ1) is 22.4. The maximum Gasteiger partial charge on any atom is 0.408 e. The summed E-state index contributed by atoms with van der Waals surface area (Å²) in [5.41, 5.74) is 5.40. The second kappa shape index (κ2) is 8.81. The van der Waals surface area contributed by atoms with Crippen LogP contribution in [0.25, 0.3) is 22.3 Å². The number of carboxylic acid groups (broad SMARTS) is 1. The van der Waals surface area contributed by atoms with Gasteiger partial charge in [-0.1, -0.05) is 0 Å². The molecule has 4 N–H and O–H groups in total. The Morgan fingerprint density at radius 2 is 1.94 bits per heavy atom. The van der Waals surface area contributed by atoms with Crippen LogP contribution in [0.4, 0.5) is 4.79 Å². The molecule has 0 spiro atoms. The molecule has 3 heterocycles. The Labute approximate surface area is 184 Å². The van der Waals surface area contributed by atoms with Gasteiger partial charge >= 0.3 is 12.1 Å². The molecule has 3 rings (SSSR count). The quantitative estimate of drug-likeness (QED) is 0.474. The van der Waals surface area contributed by atoms with Crippen LogP contribution in [0.15, 0.2) is 21.4 Å². The van der Waals surface area contributed by atoms with Crippen molar-refractivity contribution in [2.75, 3.05) is 0 Å². The molecule has 3 aromatic rings. The smallest absolute Gasteiger partial charge is 0.408 e. The van der Waals surface area contributed by atoms with E-state index >= 15 is 0 Å². The van der Waals surface area contributed by atoms with Gasteiger partial charge in [0.05, 0.1) is 5.01 Å². The number of carbonyl (C=O) groups is 3. The fourth-order valence-electron chi connectivity index (χ4n) is 2.32. The number of aliphatic carboxylic acids is 1. The summed E-state index contributed by atoms with van der Waals surface area (Å²) in [6.07, 6.45) is 0.511.